The smallest absolute Gasteiger partial charge is 0.237 e. The summed E-state index contributed by atoms with van der Waals surface area (Å²) in [4.78, 5) is 8.13. The number of oxime groups is 1. The Kier molecular flexibility index (Phi) is 4.37. The molecule has 0 aliphatic carbocycles. The summed E-state index contributed by atoms with van der Waals surface area (Å²) in [5.41, 5.74) is 7.93. The highest BCUT2D eigenvalue weighted by Crippen LogP contribution is 2.27. The van der Waals surface area contributed by atoms with Crippen molar-refractivity contribution in [2.45, 2.75) is 26.7 Å². The predicted molar refractivity (Wildman–Crippen MR) is 79.9 cm³/mol. The third-order valence-electron chi connectivity index (χ3n) is 3.09. The van der Waals surface area contributed by atoms with Gasteiger partial charge < -0.3 is 15.7 Å². The molecule has 0 fully saturated rings. The molecule has 1 aromatic carbocycles. The maximum Gasteiger partial charge on any atom is 0.237 e. The van der Waals surface area contributed by atoms with E-state index in [0.717, 1.165) is 11.3 Å². The first kappa shape index (κ1) is 14.8. The van der Waals surface area contributed by atoms with Gasteiger partial charge in [0.15, 0.2) is 5.84 Å². The lowest BCUT2D eigenvalue weighted by Crippen LogP contribution is -2.15. The van der Waals surface area contributed by atoms with E-state index in [1.807, 2.05) is 19.1 Å². The van der Waals surface area contributed by atoms with Crippen LogP contribution < -0.4 is 10.5 Å². The van der Waals surface area contributed by atoms with Gasteiger partial charge in [0.05, 0.1) is 12.4 Å². The predicted octanol–water partition coefficient (Wildman–Crippen LogP) is 2.80. The largest absolute Gasteiger partial charge is 0.437 e. The molecule has 0 radical (unpaired) electrons. The van der Waals surface area contributed by atoms with Gasteiger partial charge in [-0.3, -0.25) is 0 Å². The van der Waals surface area contributed by atoms with E-state index in [-0.39, 0.29) is 11.5 Å². The third-order valence-corrected chi connectivity index (χ3v) is 3.09. The Balaban J connectivity index is 2.24. The number of nitrogens with zero attached hydrogens (tertiary/aromatic N) is 3. The van der Waals surface area contributed by atoms with Gasteiger partial charge in [-0.25, -0.2) is 9.97 Å². The standard InChI is InChI=1S/C15H18N4O2/c1-9(2)11-5-4-10(3)13(6-11)21-14-8-17-12(7-18-14)15(16)19-20/h4-9,20H,1-3H3,(H2,16,19). The fraction of sp³-hybridized carbons (Fsp3) is 0.267. The molecule has 6 heteroatoms. The molecule has 110 valence electrons. The van der Waals surface area contributed by atoms with Crippen molar-refractivity contribution in [3.63, 3.8) is 0 Å². The SMILES string of the molecule is Cc1ccc(C(C)C)cc1Oc1cnc(C(N)=NO)cn1. The van der Waals surface area contributed by atoms with Gasteiger partial charge in [-0.05, 0) is 30.0 Å². The van der Waals surface area contributed by atoms with Gasteiger partial charge in [0.2, 0.25) is 5.88 Å². The van der Waals surface area contributed by atoms with E-state index in [2.05, 4.69) is 35.0 Å². The van der Waals surface area contributed by atoms with Gasteiger partial charge in [0, 0.05) is 0 Å². The van der Waals surface area contributed by atoms with Crippen molar-refractivity contribution in [2.24, 2.45) is 10.9 Å². The van der Waals surface area contributed by atoms with E-state index >= 15 is 0 Å². The fourth-order valence-electron chi connectivity index (χ4n) is 1.75. The molecule has 0 atom stereocenters. The molecule has 0 aliphatic heterocycles. The Morgan fingerprint density at radius 2 is 2.05 bits per heavy atom. The van der Waals surface area contributed by atoms with E-state index in [0.29, 0.717) is 11.8 Å². The van der Waals surface area contributed by atoms with Crippen molar-refractivity contribution < 1.29 is 9.94 Å². The molecule has 21 heavy (non-hydrogen) atoms. The van der Waals surface area contributed by atoms with Crippen LogP contribution in [0.4, 0.5) is 0 Å². The highest BCUT2D eigenvalue weighted by atomic mass is 16.5. The van der Waals surface area contributed by atoms with Crippen LogP contribution in [0.2, 0.25) is 0 Å². The monoisotopic (exact) mass is 286 g/mol. The minimum absolute atomic E-state index is 0.0907. The highest BCUT2D eigenvalue weighted by molar-refractivity contribution is 5.94. The van der Waals surface area contributed by atoms with Gasteiger partial charge >= 0.3 is 0 Å². The van der Waals surface area contributed by atoms with E-state index in [9.17, 15) is 0 Å². The molecule has 0 unspecified atom stereocenters. The second-order valence-corrected chi connectivity index (χ2v) is 5.01. The van der Waals surface area contributed by atoms with Gasteiger partial charge in [-0.2, -0.15) is 0 Å². The molecule has 0 amide bonds. The van der Waals surface area contributed by atoms with Crippen molar-refractivity contribution in [3.8, 4) is 11.6 Å². The maximum atomic E-state index is 8.58. The second kappa shape index (κ2) is 6.21. The van der Waals surface area contributed by atoms with E-state index < -0.39 is 0 Å². The van der Waals surface area contributed by atoms with E-state index in [1.165, 1.54) is 18.0 Å². The molecular formula is C15H18N4O2. The van der Waals surface area contributed by atoms with Crippen LogP contribution in [0.1, 0.15) is 36.6 Å². The molecule has 3 N–H and O–H groups in total. The van der Waals surface area contributed by atoms with Crippen molar-refractivity contribution in [2.75, 3.05) is 0 Å². The van der Waals surface area contributed by atoms with Crippen LogP contribution >= 0.6 is 0 Å². The third kappa shape index (κ3) is 3.47. The van der Waals surface area contributed by atoms with E-state index in [4.69, 9.17) is 15.7 Å². The lowest BCUT2D eigenvalue weighted by Gasteiger charge is -2.11. The number of aryl methyl sites for hydroxylation is 1. The van der Waals surface area contributed by atoms with E-state index in [1.54, 1.807) is 0 Å². The maximum absolute atomic E-state index is 8.58. The number of aromatic nitrogens is 2. The molecule has 0 bridgehead atoms. The zero-order chi connectivity index (χ0) is 15.4. The zero-order valence-electron chi connectivity index (χ0n) is 12.2. The topological polar surface area (TPSA) is 93.6 Å². The van der Waals surface area contributed by atoms with Crippen LogP contribution in [0.5, 0.6) is 11.6 Å². The molecule has 0 spiro atoms. The summed E-state index contributed by atoms with van der Waals surface area (Å²) >= 11 is 0. The van der Waals surface area contributed by atoms with Crippen molar-refractivity contribution >= 4 is 5.84 Å². The van der Waals surface area contributed by atoms with Gasteiger partial charge in [-0.1, -0.05) is 31.1 Å². The van der Waals surface area contributed by atoms with Gasteiger partial charge in [0.1, 0.15) is 11.4 Å². The number of amidine groups is 1. The number of nitrogens with two attached hydrogens (primary N) is 1. The first-order chi connectivity index (χ1) is 10.0. The van der Waals surface area contributed by atoms with Crippen LogP contribution in [0, 0.1) is 6.92 Å². The van der Waals surface area contributed by atoms with Gasteiger partial charge in [-0.15, -0.1) is 0 Å². The van der Waals surface area contributed by atoms with Gasteiger partial charge in [0.25, 0.3) is 0 Å². The number of rotatable bonds is 4. The van der Waals surface area contributed by atoms with Crippen LogP contribution in [-0.2, 0) is 0 Å². The Morgan fingerprint density at radius 3 is 2.62 bits per heavy atom. The minimum atomic E-state index is -0.0907. The number of hydrogen-bond acceptors (Lipinski definition) is 5. The van der Waals surface area contributed by atoms with Crippen LogP contribution in [0.15, 0.2) is 35.7 Å². The van der Waals surface area contributed by atoms with Crippen molar-refractivity contribution in [1.82, 2.24) is 9.97 Å². The summed E-state index contributed by atoms with van der Waals surface area (Å²) in [5.74, 6) is 1.43. The van der Waals surface area contributed by atoms with Crippen LogP contribution in [0.25, 0.3) is 0 Å². The second-order valence-electron chi connectivity index (χ2n) is 5.01. The number of hydrogen-bond donors (Lipinski definition) is 2. The van der Waals surface area contributed by atoms with Crippen LogP contribution in [0.3, 0.4) is 0 Å². The zero-order valence-corrected chi connectivity index (χ0v) is 12.2. The highest BCUT2D eigenvalue weighted by Gasteiger charge is 2.08. The Morgan fingerprint density at radius 1 is 1.29 bits per heavy atom. The quantitative estimate of drug-likeness (QED) is 0.390. The average Bonchev–Trinajstić information content (AvgIpc) is 2.49. The molecule has 6 nitrogen and oxygen atoms in total. The summed E-state index contributed by atoms with van der Waals surface area (Å²) in [5, 5.41) is 11.4. The fourth-order valence-corrected chi connectivity index (χ4v) is 1.75. The molecule has 0 aliphatic rings. The molecule has 2 aromatic rings. The first-order valence-electron chi connectivity index (χ1n) is 6.59. The molecule has 2 rings (SSSR count). The van der Waals surface area contributed by atoms with Crippen molar-refractivity contribution in [1.29, 1.82) is 0 Å². The normalized spacial score (nSPS) is 11.7. The Hall–Kier alpha value is -2.63. The Bertz CT molecular complexity index is 651. The number of benzene rings is 1. The summed E-state index contributed by atoms with van der Waals surface area (Å²) < 4.78 is 5.75. The lowest BCUT2D eigenvalue weighted by atomic mass is 10.0. The minimum Gasteiger partial charge on any atom is -0.437 e. The lowest BCUT2D eigenvalue weighted by molar-refractivity contribution is 0.318. The van der Waals surface area contributed by atoms with Crippen molar-refractivity contribution in [3.05, 3.63) is 47.4 Å². The molecule has 0 saturated heterocycles. The summed E-state index contributed by atoms with van der Waals surface area (Å²) in [6.45, 7) is 6.22. The number of ether oxygens (including phenoxy) is 1. The Labute approximate surface area is 123 Å². The summed E-state index contributed by atoms with van der Waals surface area (Å²) in [6.07, 6.45) is 2.83. The summed E-state index contributed by atoms with van der Waals surface area (Å²) in [7, 11) is 0. The summed E-state index contributed by atoms with van der Waals surface area (Å²) in [6, 6.07) is 6.10. The van der Waals surface area contributed by atoms with Crippen LogP contribution in [-0.4, -0.2) is 21.0 Å². The molecule has 0 saturated carbocycles. The first-order valence-corrected chi connectivity index (χ1v) is 6.59. The average molecular weight is 286 g/mol. The molecule has 1 aromatic heterocycles. The molecule has 1 heterocycles. The molecular weight excluding hydrogens is 268 g/mol.